The average molecular weight is 468 g/mol. The van der Waals surface area contributed by atoms with Gasteiger partial charge in [0.1, 0.15) is 5.75 Å². The Bertz CT molecular complexity index is 976. The number of carbonyl (C=O) groups is 1. The highest BCUT2D eigenvalue weighted by Crippen LogP contribution is 2.35. The highest BCUT2D eigenvalue weighted by molar-refractivity contribution is 5.93. The quantitative estimate of drug-likeness (QED) is 0.473. The van der Waals surface area contributed by atoms with Crippen molar-refractivity contribution in [3.05, 3.63) is 47.5 Å². The maximum absolute atomic E-state index is 13.4. The van der Waals surface area contributed by atoms with E-state index in [0.29, 0.717) is 44.3 Å². The van der Waals surface area contributed by atoms with Crippen LogP contribution in [0.5, 0.6) is 17.2 Å². The summed E-state index contributed by atoms with van der Waals surface area (Å²) in [4.78, 5) is 17.1. The van der Waals surface area contributed by atoms with E-state index in [1.165, 1.54) is 25.7 Å². The number of benzene rings is 2. The van der Waals surface area contributed by atoms with Crippen molar-refractivity contribution in [3.8, 4) is 17.2 Å². The summed E-state index contributed by atoms with van der Waals surface area (Å²) in [6.07, 6.45) is 7.23. The molecule has 2 aliphatic rings. The molecule has 2 aromatic carbocycles. The molecule has 0 aromatic heterocycles. The van der Waals surface area contributed by atoms with Gasteiger partial charge in [-0.15, -0.1) is 0 Å². The first-order chi connectivity index (χ1) is 16.6. The van der Waals surface area contributed by atoms with E-state index in [0.717, 1.165) is 41.3 Å². The fraction of sp³-hybridized carbons (Fsp3) is 0.519. The summed E-state index contributed by atoms with van der Waals surface area (Å²) in [5, 5.41) is 0. The van der Waals surface area contributed by atoms with E-state index >= 15 is 0 Å². The number of amides is 2. The molecule has 2 amide bonds. The minimum absolute atomic E-state index is 0.0164. The molecule has 4 rings (SSSR count). The molecule has 0 unspecified atom stereocenters. The molecule has 0 atom stereocenters. The van der Waals surface area contributed by atoms with Crippen LogP contribution in [0.3, 0.4) is 0 Å². The third-order valence-corrected chi connectivity index (χ3v) is 6.96. The molecule has 0 spiro atoms. The van der Waals surface area contributed by atoms with Gasteiger partial charge < -0.3 is 24.8 Å². The summed E-state index contributed by atoms with van der Waals surface area (Å²) in [5.74, 6) is 3.02. The SMILES string of the molecule is COc1cc(CN)ccc1CN1CCCN(c2ccc(OC)c(OCCCC3CCC3)c2)C1=O. The summed E-state index contributed by atoms with van der Waals surface area (Å²) in [7, 11) is 3.29. The molecule has 1 saturated carbocycles. The predicted octanol–water partition coefficient (Wildman–Crippen LogP) is 4.95. The zero-order valence-corrected chi connectivity index (χ0v) is 20.4. The molecule has 34 heavy (non-hydrogen) atoms. The minimum Gasteiger partial charge on any atom is -0.496 e. The summed E-state index contributed by atoms with van der Waals surface area (Å²) in [5.41, 5.74) is 8.57. The van der Waals surface area contributed by atoms with E-state index in [-0.39, 0.29) is 6.03 Å². The number of rotatable bonds is 11. The Morgan fingerprint density at radius 1 is 0.971 bits per heavy atom. The van der Waals surface area contributed by atoms with Crippen LogP contribution in [0.1, 0.15) is 49.7 Å². The summed E-state index contributed by atoms with van der Waals surface area (Å²) >= 11 is 0. The van der Waals surface area contributed by atoms with Crippen LogP contribution in [-0.2, 0) is 13.1 Å². The number of nitrogens with zero attached hydrogens (tertiary/aromatic N) is 2. The van der Waals surface area contributed by atoms with Gasteiger partial charge in [-0.05, 0) is 48.9 Å². The third kappa shape index (κ3) is 5.58. The number of urea groups is 1. The van der Waals surface area contributed by atoms with Crippen molar-refractivity contribution in [2.24, 2.45) is 11.7 Å². The number of nitrogens with two attached hydrogens (primary N) is 1. The number of ether oxygens (including phenoxy) is 3. The highest BCUT2D eigenvalue weighted by atomic mass is 16.5. The second-order valence-electron chi connectivity index (χ2n) is 9.18. The largest absolute Gasteiger partial charge is 0.496 e. The fourth-order valence-electron chi connectivity index (χ4n) is 4.70. The van der Waals surface area contributed by atoms with Crippen LogP contribution >= 0.6 is 0 Å². The Hall–Kier alpha value is -2.93. The minimum atomic E-state index is -0.0164. The van der Waals surface area contributed by atoms with Crippen molar-refractivity contribution in [1.82, 2.24) is 4.90 Å². The van der Waals surface area contributed by atoms with Gasteiger partial charge in [-0.3, -0.25) is 4.90 Å². The monoisotopic (exact) mass is 467 g/mol. The van der Waals surface area contributed by atoms with Gasteiger partial charge in [0.15, 0.2) is 11.5 Å². The van der Waals surface area contributed by atoms with Crippen molar-refractivity contribution < 1.29 is 19.0 Å². The predicted molar refractivity (Wildman–Crippen MR) is 134 cm³/mol. The standard InChI is InChI=1S/C27H37N3O4/c1-32-24-12-11-23(17-26(24)34-15-4-8-20-6-3-7-20)30-14-5-13-29(27(30)31)19-22-10-9-21(18-28)16-25(22)33-2/h9-12,16-17,20H,3-8,13-15,18-19,28H2,1-2H3. The molecule has 1 saturated heterocycles. The summed E-state index contributed by atoms with van der Waals surface area (Å²) in [6, 6.07) is 11.7. The Labute approximate surface area is 202 Å². The smallest absolute Gasteiger partial charge is 0.324 e. The maximum Gasteiger partial charge on any atom is 0.324 e. The molecule has 7 heteroatoms. The Kier molecular flexibility index (Phi) is 8.16. The van der Waals surface area contributed by atoms with Gasteiger partial charge in [0.25, 0.3) is 0 Å². The molecule has 184 valence electrons. The number of hydrogen-bond donors (Lipinski definition) is 1. The van der Waals surface area contributed by atoms with Crippen LogP contribution in [0.2, 0.25) is 0 Å². The molecule has 2 fully saturated rings. The molecule has 1 aliphatic heterocycles. The van der Waals surface area contributed by atoms with Crippen LogP contribution in [0.25, 0.3) is 0 Å². The van der Waals surface area contributed by atoms with Gasteiger partial charge in [-0.25, -0.2) is 4.79 Å². The zero-order valence-electron chi connectivity index (χ0n) is 20.4. The van der Waals surface area contributed by atoms with E-state index in [4.69, 9.17) is 19.9 Å². The van der Waals surface area contributed by atoms with Gasteiger partial charge in [0.05, 0.1) is 27.4 Å². The third-order valence-electron chi connectivity index (χ3n) is 6.96. The lowest BCUT2D eigenvalue weighted by atomic mass is 9.82. The first-order valence-electron chi connectivity index (χ1n) is 12.4. The van der Waals surface area contributed by atoms with E-state index in [1.54, 1.807) is 14.2 Å². The number of hydrogen-bond acceptors (Lipinski definition) is 5. The normalized spacial score (nSPS) is 16.4. The molecule has 0 radical (unpaired) electrons. The van der Waals surface area contributed by atoms with Crippen molar-refractivity contribution in [1.29, 1.82) is 0 Å². The molecule has 1 heterocycles. The lowest BCUT2D eigenvalue weighted by molar-refractivity contribution is 0.191. The second-order valence-corrected chi connectivity index (χ2v) is 9.18. The number of methoxy groups -OCH3 is 2. The van der Waals surface area contributed by atoms with Crippen molar-refractivity contribution >= 4 is 11.7 Å². The lowest BCUT2D eigenvalue weighted by Crippen LogP contribution is -2.49. The van der Waals surface area contributed by atoms with Gasteiger partial charge in [-0.2, -0.15) is 0 Å². The van der Waals surface area contributed by atoms with E-state index in [9.17, 15) is 4.79 Å². The zero-order chi connectivity index (χ0) is 23.9. The van der Waals surface area contributed by atoms with Gasteiger partial charge in [0, 0.05) is 37.0 Å². The lowest BCUT2D eigenvalue weighted by Gasteiger charge is -2.36. The molecule has 1 aliphatic carbocycles. The summed E-state index contributed by atoms with van der Waals surface area (Å²) < 4.78 is 17.1. The van der Waals surface area contributed by atoms with Gasteiger partial charge in [0.2, 0.25) is 0 Å². The van der Waals surface area contributed by atoms with E-state index < -0.39 is 0 Å². The Balaban J connectivity index is 1.44. The second kappa shape index (κ2) is 11.5. The van der Waals surface area contributed by atoms with Gasteiger partial charge >= 0.3 is 6.03 Å². The summed E-state index contributed by atoms with van der Waals surface area (Å²) in [6.45, 7) is 2.98. The first-order valence-corrected chi connectivity index (χ1v) is 12.4. The van der Waals surface area contributed by atoms with Crippen LogP contribution in [0, 0.1) is 5.92 Å². The fourth-order valence-corrected chi connectivity index (χ4v) is 4.70. The van der Waals surface area contributed by atoms with Crippen molar-refractivity contribution in [2.45, 2.75) is 51.6 Å². The molecule has 7 nitrogen and oxygen atoms in total. The average Bonchev–Trinajstić information content (AvgIpc) is 2.84. The molecule has 2 aromatic rings. The molecular formula is C27H37N3O4. The van der Waals surface area contributed by atoms with Gasteiger partial charge in [-0.1, -0.05) is 31.4 Å². The molecule has 2 N–H and O–H groups in total. The first kappa shape index (κ1) is 24.2. The number of carbonyl (C=O) groups excluding carboxylic acids is 1. The Morgan fingerprint density at radius 2 is 1.79 bits per heavy atom. The highest BCUT2D eigenvalue weighted by Gasteiger charge is 2.28. The van der Waals surface area contributed by atoms with Crippen LogP contribution in [-0.4, -0.2) is 44.8 Å². The number of anilines is 1. The van der Waals surface area contributed by atoms with E-state index in [1.807, 2.05) is 46.2 Å². The molecule has 0 bridgehead atoms. The van der Waals surface area contributed by atoms with Crippen molar-refractivity contribution in [3.63, 3.8) is 0 Å². The topological polar surface area (TPSA) is 77.3 Å². The van der Waals surface area contributed by atoms with Crippen LogP contribution in [0.4, 0.5) is 10.5 Å². The van der Waals surface area contributed by atoms with Crippen LogP contribution in [0.15, 0.2) is 36.4 Å². The Morgan fingerprint density at radius 3 is 2.50 bits per heavy atom. The van der Waals surface area contributed by atoms with E-state index in [2.05, 4.69) is 0 Å². The maximum atomic E-state index is 13.4. The van der Waals surface area contributed by atoms with Crippen LogP contribution < -0.4 is 24.8 Å². The molecular weight excluding hydrogens is 430 g/mol. The van der Waals surface area contributed by atoms with Crippen molar-refractivity contribution in [2.75, 3.05) is 38.8 Å².